The maximum atomic E-state index is 11.5. The Bertz CT molecular complexity index is 523. The summed E-state index contributed by atoms with van der Waals surface area (Å²) in [5, 5.41) is 7.47. The number of nitrogens with one attached hydrogen (secondary N) is 1. The number of aromatic nitrogens is 3. The second-order valence-corrected chi connectivity index (χ2v) is 7.65. The van der Waals surface area contributed by atoms with Gasteiger partial charge in [0.15, 0.2) is 9.84 Å². The maximum absolute atomic E-state index is 11.5. The van der Waals surface area contributed by atoms with Crippen LogP contribution in [-0.2, 0) is 16.4 Å². The molecule has 1 saturated heterocycles. The van der Waals surface area contributed by atoms with Gasteiger partial charge in [0.2, 0.25) is 0 Å². The molecule has 1 aliphatic heterocycles. The summed E-state index contributed by atoms with van der Waals surface area (Å²) < 4.78 is 24.9. The largest absolute Gasteiger partial charge is 0.303 e. The molecule has 7 heteroatoms. The third-order valence-electron chi connectivity index (χ3n) is 3.31. The highest BCUT2D eigenvalue weighted by Crippen LogP contribution is 2.23. The Morgan fingerprint density at radius 1 is 1.56 bits per heavy atom. The minimum Gasteiger partial charge on any atom is -0.303 e. The molecule has 0 aliphatic carbocycles. The van der Waals surface area contributed by atoms with Gasteiger partial charge in [-0.3, -0.25) is 0 Å². The van der Waals surface area contributed by atoms with Crippen molar-refractivity contribution in [2.75, 3.05) is 11.5 Å². The number of nitrogens with zero attached hydrogens (tertiary/aromatic N) is 3. The Labute approximate surface area is 108 Å². The van der Waals surface area contributed by atoms with Crippen molar-refractivity contribution in [3.05, 3.63) is 12.2 Å². The lowest BCUT2D eigenvalue weighted by molar-refractivity contribution is 0.377. The summed E-state index contributed by atoms with van der Waals surface area (Å²) >= 11 is 0. The summed E-state index contributed by atoms with van der Waals surface area (Å²) in [5.74, 6) is 1.32. The molecule has 1 unspecified atom stereocenters. The van der Waals surface area contributed by atoms with Crippen molar-refractivity contribution in [3.8, 4) is 0 Å². The van der Waals surface area contributed by atoms with Crippen LogP contribution in [0, 0.1) is 0 Å². The quantitative estimate of drug-likeness (QED) is 0.865. The van der Waals surface area contributed by atoms with Crippen molar-refractivity contribution in [3.63, 3.8) is 0 Å². The van der Waals surface area contributed by atoms with Gasteiger partial charge in [0, 0.05) is 11.6 Å². The van der Waals surface area contributed by atoms with Crippen molar-refractivity contribution in [1.29, 1.82) is 0 Å². The molecule has 1 atom stereocenters. The predicted molar refractivity (Wildman–Crippen MR) is 68.9 cm³/mol. The van der Waals surface area contributed by atoms with Crippen LogP contribution < -0.4 is 5.32 Å². The molecule has 1 fully saturated rings. The average molecular weight is 272 g/mol. The van der Waals surface area contributed by atoms with E-state index in [-0.39, 0.29) is 23.1 Å². The first kappa shape index (κ1) is 13.5. The molecule has 2 heterocycles. The Hall–Kier alpha value is -0.950. The summed E-state index contributed by atoms with van der Waals surface area (Å²) in [4.78, 5) is 4.21. The molecule has 1 aromatic heterocycles. The van der Waals surface area contributed by atoms with Crippen LogP contribution in [0.5, 0.6) is 0 Å². The standard InChI is InChI=1S/C11H20N4O2S/c1-9(2)15-10(12-8-14-15)6-13-11(3)4-5-18(16,17)7-11/h8-9,13H,4-7H2,1-3H3. The number of rotatable bonds is 4. The summed E-state index contributed by atoms with van der Waals surface area (Å²) in [7, 11) is -2.88. The molecular weight excluding hydrogens is 252 g/mol. The fraction of sp³-hybridized carbons (Fsp3) is 0.818. The van der Waals surface area contributed by atoms with Gasteiger partial charge in [0.25, 0.3) is 0 Å². The van der Waals surface area contributed by atoms with E-state index in [9.17, 15) is 8.42 Å². The Morgan fingerprint density at radius 2 is 2.28 bits per heavy atom. The number of sulfone groups is 1. The normalized spacial score (nSPS) is 26.9. The van der Waals surface area contributed by atoms with Crippen molar-refractivity contribution < 1.29 is 8.42 Å². The first-order valence-electron chi connectivity index (χ1n) is 6.15. The van der Waals surface area contributed by atoms with E-state index in [4.69, 9.17) is 0 Å². The molecule has 1 N–H and O–H groups in total. The Balaban J connectivity index is 2.02. The lowest BCUT2D eigenvalue weighted by Crippen LogP contribution is -2.43. The first-order valence-corrected chi connectivity index (χ1v) is 7.97. The molecule has 6 nitrogen and oxygen atoms in total. The highest BCUT2D eigenvalue weighted by Gasteiger charge is 2.38. The van der Waals surface area contributed by atoms with Gasteiger partial charge in [-0.25, -0.2) is 18.1 Å². The molecule has 1 aromatic rings. The van der Waals surface area contributed by atoms with Crippen molar-refractivity contribution in [1.82, 2.24) is 20.1 Å². The topological polar surface area (TPSA) is 76.9 Å². The zero-order chi connectivity index (χ0) is 13.4. The van der Waals surface area contributed by atoms with Crippen molar-refractivity contribution >= 4 is 9.84 Å². The van der Waals surface area contributed by atoms with Crippen LogP contribution in [0.15, 0.2) is 6.33 Å². The van der Waals surface area contributed by atoms with Gasteiger partial charge in [-0.1, -0.05) is 0 Å². The van der Waals surface area contributed by atoms with Gasteiger partial charge in [-0.2, -0.15) is 5.10 Å². The molecule has 0 radical (unpaired) electrons. The van der Waals surface area contributed by atoms with Crippen LogP contribution in [0.1, 0.15) is 39.1 Å². The summed E-state index contributed by atoms with van der Waals surface area (Å²) in [5.41, 5.74) is -0.341. The minimum absolute atomic E-state index is 0.204. The molecule has 1 aliphatic rings. The summed E-state index contributed by atoms with van der Waals surface area (Å²) in [6.07, 6.45) is 2.19. The van der Waals surface area contributed by atoms with E-state index in [1.54, 1.807) is 0 Å². The van der Waals surface area contributed by atoms with Gasteiger partial charge in [-0.15, -0.1) is 0 Å². The first-order chi connectivity index (χ1) is 8.31. The molecule has 2 rings (SSSR count). The van der Waals surface area contributed by atoms with E-state index in [2.05, 4.69) is 15.4 Å². The van der Waals surface area contributed by atoms with Gasteiger partial charge in [-0.05, 0) is 27.2 Å². The van der Waals surface area contributed by atoms with E-state index in [1.165, 1.54) is 6.33 Å². The SMILES string of the molecule is CC(C)n1ncnc1CNC1(C)CCS(=O)(=O)C1. The van der Waals surface area contributed by atoms with E-state index in [1.807, 2.05) is 25.5 Å². The van der Waals surface area contributed by atoms with Crippen molar-refractivity contribution in [2.45, 2.75) is 45.3 Å². The summed E-state index contributed by atoms with van der Waals surface area (Å²) in [6.45, 7) is 6.58. The van der Waals surface area contributed by atoms with Gasteiger partial charge >= 0.3 is 0 Å². The maximum Gasteiger partial charge on any atom is 0.152 e. The van der Waals surface area contributed by atoms with E-state index < -0.39 is 9.84 Å². The second-order valence-electron chi connectivity index (χ2n) is 5.47. The Kier molecular flexibility index (Phi) is 3.46. The van der Waals surface area contributed by atoms with Crippen LogP contribution >= 0.6 is 0 Å². The molecule has 0 bridgehead atoms. The fourth-order valence-electron chi connectivity index (χ4n) is 2.27. The molecule has 0 spiro atoms. The van der Waals surface area contributed by atoms with Crippen molar-refractivity contribution in [2.24, 2.45) is 0 Å². The lowest BCUT2D eigenvalue weighted by Gasteiger charge is -2.24. The van der Waals surface area contributed by atoms with E-state index in [0.29, 0.717) is 13.0 Å². The van der Waals surface area contributed by atoms with Crippen LogP contribution in [-0.4, -0.2) is 40.2 Å². The number of hydrogen-bond donors (Lipinski definition) is 1. The average Bonchev–Trinajstić information content (AvgIpc) is 2.81. The van der Waals surface area contributed by atoms with Gasteiger partial charge in [0.05, 0.1) is 18.1 Å². The van der Waals surface area contributed by atoms with Crippen LogP contribution in [0.25, 0.3) is 0 Å². The predicted octanol–water partition coefficient (Wildman–Crippen LogP) is 0.526. The second kappa shape index (κ2) is 4.62. The Morgan fingerprint density at radius 3 is 2.83 bits per heavy atom. The van der Waals surface area contributed by atoms with Gasteiger partial charge < -0.3 is 5.32 Å². The van der Waals surface area contributed by atoms with Gasteiger partial charge in [0.1, 0.15) is 12.2 Å². The smallest absolute Gasteiger partial charge is 0.152 e. The molecule has 0 aromatic carbocycles. The zero-order valence-corrected chi connectivity index (χ0v) is 11.9. The van der Waals surface area contributed by atoms with E-state index in [0.717, 1.165) is 5.82 Å². The third kappa shape index (κ3) is 2.89. The summed E-state index contributed by atoms with van der Waals surface area (Å²) in [6, 6.07) is 0.254. The zero-order valence-electron chi connectivity index (χ0n) is 11.0. The van der Waals surface area contributed by atoms with E-state index >= 15 is 0 Å². The van der Waals surface area contributed by atoms with Crippen LogP contribution in [0.3, 0.4) is 0 Å². The molecule has 18 heavy (non-hydrogen) atoms. The van der Waals surface area contributed by atoms with Crippen LogP contribution in [0.4, 0.5) is 0 Å². The fourth-order valence-corrected chi connectivity index (χ4v) is 4.40. The molecule has 0 amide bonds. The number of hydrogen-bond acceptors (Lipinski definition) is 5. The molecule has 0 saturated carbocycles. The highest BCUT2D eigenvalue weighted by atomic mass is 32.2. The van der Waals surface area contributed by atoms with Crippen LogP contribution in [0.2, 0.25) is 0 Å². The highest BCUT2D eigenvalue weighted by molar-refractivity contribution is 7.91. The minimum atomic E-state index is -2.88. The molecular formula is C11H20N4O2S. The monoisotopic (exact) mass is 272 g/mol. The third-order valence-corrected chi connectivity index (χ3v) is 5.22. The lowest BCUT2D eigenvalue weighted by atomic mass is 10.0. The molecule has 102 valence electrons.